The van der Waals surface area contributed by atoms with Gasteiger partial charge < -0.3 is 5.32 Å². The minimum absolute atomic E-state index is 0.0121. The number of aryl methyl sites for hydroxylation is 2. The lowest BCUT2D eigenvalue weighted by Gasteiger charge is -2.14. The first-order valence-corrected chi connectivity index (χ1v) is 7.78. The molecule has 1 unspecified atom stereocenters. The number of nitrogens with one attached hydrogen (secondary N) is 1. The topological polar surface area (TPSA) is 12.0 Å². The molecule has 0 aliphatic heterocycles. The van der Waals surface area contributed by atoms with Gasteiger partial charge in [0.05, 0.1) is 11.7 Å². The van der Waals surface area contributed by atoms with Crippen molar-refractivity contribution in [1.82, 2.24) is 0 Å². The van der Waals surface area contributed by atoms with Gasteiger partial charge >= 0.3 is 0 Å². The Hall–Kier alpha value is -1.42. The highest BCUT2D eigenvalue weighted by atomic mass is 32.1. The molecule has 0 bridgehead atoms. The summed E-state index contributed by atoms with van der Waals surface area (Å²) < 4.78 is 26.8. The van der Waals surface area contributed by atoms with Crippen LogP contribution in [0.15, 0.2) is 24.3 Å². The number of rotatable bonds is 3. The summed E-state index contributed by atoms with van der Waals surface area (Å²) in [7, 11) is 0. The van der Waals surface area contributed by atoms with Crippen LogP contribution < -0.4 is 5.32 Å². The maximum atomic E-state index is 13.6. The molecule has 0 radical (unpaired) electrons. The lowest BCUT2D eigenvalue weighted by atomic mass is 9.99. The number of anilines is 1. The fourth-order valence-corrected chi connectivity index (χ4v) is 3.90. The van der Waals surface area contributed by atoms with E-state index in [4.69, 9.17) is 0 Å². The summed E-state index contributed by atoms with van der Waals surface area (Å²) in [6, 6.07) is 5.70. The molecule has 2 aromatic rings. The summed E-state index contributed by atoms with van der Waals surface area (Å²) in [6.45, 7) is 1.99. The van der Waals surface area contributed by atoms with Gasteiger partial charge in [0.25, 0.3) is 0 Å². The second kappa shape index (κ2) is 5.52. The summed E-state index contributed by atoms with van der Waals surface area (Å²) in [5.41, 5.74) is 1.66. The molecule has 3 rings (SSSR count). The van der Waals surface area contributed by atoms with Crippen LogP contribution in [0.5, 0.6) is 0 Å². The Morgan fingerprint density at radius 2 is 1.95 bits per heavy atom. The van der Waals surface area contributed by atoms with Crippen LogP contribution in [0.2, 0.25) is 0 Å². The van der Waals surface area contributed by atoms with Gasteiger partial charge in [-0.25, -0.2) is 8.78 Å². The van der Waals surface area contributed by atoms with Gasteiger partial charge in [-0.2, -0.15) is 0 Å². The van der Waals surface area contributed by atoms with E-state index in [0.29, 0.717) is 0 Å². The quantitative estimate of drug-likeness (QED) is 0.832. The van der Waals surface area contributed by atoms with E-state index >= 15 is 0 Å². The second-order valence-corrected chi connectivity index (χ2v) is 6.46. The number of benzene rings is 1. The molecule has 0 spiro atoms. The maximum Gasteiger partial charge on any atom is 0.146 e. The summed E-state index contributed by atoms with van der Waals surface area (Å²) in [5, 5.41) is 3.07. The molecule has 1 aromatic carbocycles. The molecular formula is C16H17F2NS. The summed E-state index contributed by atoms with van der Waals surface area (Å²) in [6.07, 6.45) is 4.81. The third kappa shape index (κ3) is 2.70. The van der Waals surface area contributed by atoms with E-state index in [1.54, 1.807) is 11.3 Å². The monoisotopic (exact) mass is 293 g/mol. The third-order valence-corrected chi connectivity index (χ3v) is 5.16. The van der Waals surface area contributed by atoms with E-state index in [1.807, 2.05) is 6.92 Å². The molecule has 1 aromatic heterocycles. The van der Waals surface area contributed by atoms with Gasteiger partial charge in [-0.15, -0.1) is 11.3 Å². The van der Waals surface area contributed by atoms with Crippen molar-refractivity contribution < 1.29 is 8.78 Å². The summed E-state index contributed by atoms with van der Waals surface area (Å²) in [4.78, 5) is 2.65. The van der Waals surface area contributed by atoms with Crippen LogP contribution in [0.25, 0.3) is 0 Å². The smallest absolute Gasteiger partial charge is 0.146 e. The van der Waals surface area contributed by atoms with Gasteiger partial charge in [-0.3, -0.25) is 0 Å². The Balaban J connectivity index is 1.80. The molecule has 20 heavy (non-hydrogen) atoms. The van der Waals surface area contributed by atoms with E-state index in [9.17, 15) is 8.78 Å². The number of fused-ring (bicyclic) bond motifs is 1. The van der Waals surface area contributed by atoms with Crippen LogP contribution in [-0.2, 0) is 12.8 Å². The summed E-state index contributed by atoms with van der Waals surface area (Å²) >= 11 is 1.79. The number of hydrogen-bond acceptors (Lipinski definition) is 2. The average Bonchev–Trinajstić information content (AvgIpc) is 2.87. The zero-order chi connectivity index (χ0) is 14.1. The number of hydrogen-bond donors (Lipinski definition) is 1. The van der Waals surface area contributed by atoms with Crippen LogP contribution in [0.4, 0.5) is 14.5 Å². The molecule has 0 amide bonds. The van der Waals surface area contributed by atoms with E-state index in [2.05, 4.69) is 11.4 Å². The molecule has 4 heteroatoms. The highest BCUT2D eigenvalue weighted by molar-refractivity contribution is 7.12. The second-order valence-electron chi connectivity index (χ2n) is 5.29. The molecule has 1 aliphatic rings. The lowest BCUT2D eigenvalue weighted by molar-refractivity contribution is 0.600. The SMILES string of the molecule is CC(Nc1cc(F)ccc1F)c1cc2c(s1)CCCC2. The Morgan fingerprint density at radius 3 is 2.75 bits per heavy atom. The van der Waals surface area contributed by atoms with Crippen LogP contribution in [0.1, 0.15) is 41.1 Å². The fraction of sp³-hybridized carbons (Fsp3) is 0.375. The van der Waals surface area contributed by atoms with Crippen LogP contribution in [0, 0.1) is 11.6 Å². The molecule has 1 nitrogen and oxygen atoms in total. The molecule has 1 heterocycles. The Kier molecular flexibility index (Phi) is 3.74. The third-order valence-electron chi connectivity index (χ3n) is 3.74. The predicted octanol–water partition coefficient (Wildman–Crippen LogP) is 5.08. The standard InChI is InChI=1S/C16H17F2NS/c1-10(19-14-9-12(17)6-7-13(14)18)16-8-11-4-2-3-5-15(11)20-16/h6-10,19H,2-5H2,1H3. The van der Waals surface area contributed by atoms with Gasteiger partial charge in [0, 0.05) is 9.75 Å². The minimum Gasteiger partial charge on any atom is -0.375 e. The Morgan fingerprint density at radius 1 is 1.15 bits per heavy atom. The van der Waals surface area contributed by atoms with E-state index in [0.717, 1.165) is 25.0 Å². The van der Waals surface area contributed by atoms with Gasteiger partial charge in [0.15, 0.2) is 0 Å². The van der Waals surface area contributed by atoms with Gasteiger partial charge in [0.2, 0.25) is 0 Å². The Bertz CT molecular complexity index is 597. The van der Waals surface area contributed by atoms with Crippen molar-refractivity contribution in [3.8, 4) is 0 Å². The molecule has 0 saturated carbocycles. The lowest BCUT2D eigenvalue weighted by Crippen LogP contribution is -2.06. The molecule has 1 N–H and O–H groups in total. The highest BCUT2D eigenvalue weighted by Crippen LogP contribution is 2.34. The van der Waals surface area contributed by atoms with Gasteiger partial charge in [0.1, 0.15) is 11.6 Å². The average molecular weight is 293 g/mol. The van der Waals surface area contributed by atoms with Crippen molar-refractivity contribution in [2.75, 3.05) is 5.32 Å². The minimum atomic E-state index is -0.424. The first kappa shape index (κ1) is 13.6. The first-order valence-electron chi connectivity index (χ1n) is 6.96. The molecule has 106 valence electrons. The van der Waals surface area contributed by atoms with Crippen molar-refractivity contribution in [2.24, 2.45) is 0 Å². The maximum absolute atomic E-state index is 13.6. The predicted molar refractivity (Wildman–Crippen MR) is 79.4 cm³/mol. The molecule has 0 fully saturated rings. The molecule has 1 atom stereocenters. The van der Waals surface area contributed by atoms with Crippen LogP contribution >= 0.6 is 11.3 Å². The van der Waals surface area contributed by atoms with Gasteiger partial charge in [-0.05, 0) is 62.4 Å². The molecular weight excluding hydrogens is 276 g/mol. The number of halogens is 2. The van der Waals surface area contributed by atoms with Crippen molar-refractivity contribution in [3.63, 3.8) is 0 Å². The van der Waals surface area contributed by atoms with Crippen LogP contribution in [0.3, 0.4) is 0 Å². The Labute approximate surface area is 121 Å². The first-order chi connectivity index (χ1) is 9.63. The van der Waals surface area contributed by atoms with Crippen molar-refractivity contribution in [3.05, 3.63) is 51.2 Å². The van der Waals surface area contributed by atoms with E-state index in [1.165, 1.54) is 34.2 Å². The molecule has 1 aliphatic carbocycles. The summed E-state index contributed by atoms with van der Waals surface area (Å²) in [5.74, 6) is -0.842. The van der Waals surface area contributed by atoms with E-state index < -0.39 is 11.6 Å². The van der Waals surface area contributed by atoms with Crippen molar-refractivity contribution in [2.45, 2.75) is 38.6 Å². The fourth-order valence-electron chi connectivity index (χ4n) is 2.64. The highest BCUT2D eigenvalue weighted by Gasteiger charge is 2.17. The van der Waals surface area contributed by atoms with E-state index in [-0.39, 0.29) is 11.7 Å². The van der Waals surface area contributed by atoms with Crippen molar-refractivity contribution >= 4 is 17.0 Å². The zero-order valence-corrected chi connectivity index (χ0v) is 12.2. The zero-order valence-electron chi connectivity index (χ0n) is 11.4. The number of thiophene rings is 1. The largest absolute Gasteiger partial charge is 0.375 e. The normalized spacial score (nSPS) is 15.8. The molecule has 0 saturated heterocycles. The van der Waals surface area contributed by atoms with Crippen LogP contribution in [-0.4, -0.2) is 0 Å². The van der Waals surface area contributed by atoms with Gasteiger partial charge in [-0.1, -0.05) is 0 Å². The van der Waals surface area contributed by atoms with Crippen molar-refractivity contribution in [1.29, 1.82) is 0 Å².